The fourth-order valence-corrected chi connectivity index (χ4v) is 5.93. The largest absolute Gasteiger partial charge is 0.382 e. The predicted molar refractivity (Wildman–Crippen MR) is 182 cm³/mol. The van der Waals surface area contributed by atoms with Crippen LogP contribution in [-0.4, -0.2) is 48.9 Å². The normalized spacial score (nSPS) is 12.7. The van der Waals surface area contributed by atoms with E-state index in [0.717, 1.165) is 18.4 Å². The van der Waals surface area contributed by atoms with Crippen molar-refractivity contribution >= 4 is 24.6 Å². The molecule has 0 aliphatic rings. The van der Waals surface area contributed by atoms with Gasteiger partial charge < -0.3 is 29.6 Å². The van der Waals surface area contributed by atoms with Crippen LogP contribution >= 0.6 is 7.60 Å². The molecule has 0 aliphatic heterocycles. The average Bonchev–Trinajstić information content (AvgIpc) is 3.39. The van der Waals surface area contributed by atoms with Gasteiger partial charge in [0.2, 0.25) is 0 Å². The lowest BCUT2D eigenvalue weighted by Crippen LogP contribution is -2.12. The lowest BCUT2D eigenvalue weighted by atomic mass is 10.0. The van der Waals surface area contributed by atoms with Crippen LogP contribution in [0.4, 0.5) is 5.82 Å². The average molecular weight is 646 g/mol. The Balaban J connectivity index is 1.40. The smallest absolute Gasteiger partial charge is 0.350 e. The summed E-state index contributed by atoms with van der Waals surface area (Å²) in [6, 6.07) is 9.62. The SMILES string of the molecule is CCCCCCCCCCCCCCCCCCOC(C)c1nc(N)c2nc(-c3ccccc3)n(CCOCP(=O)(O)O)c2n1. The van der Waals surface area contributed by atoms with Crippen molar-refractivity contribution in [3.8, 4) is 11.4 Å². The van der Waals surface area contributed by atoms with E-state index >= 15 is 0 Å². The number of anilines is 1. The zero-order valence-electron chi connectivity index (χ0n) is 27.5. The number of benzene rings is 1. The summed E-state index contributed by atoms with van der Waals surface area (Å²) in [7, 11) is -4.26. The highest BCUT2D eigenvalue weighted by Crippen LogP contribution is 2.34. The van der Waals surface area contributed by atoms with Crippen molar-refractivity contribution in [3.05, 3.63) is 36.2 Å². The molecule has 0 aliphatic carbocycles. The second-order valence-electron chi connectivity index (χ2n) is 12.1. The van der Waals surface area contributed by atoms with Crippen molar-refractivity contribution in [1.29, 1.82) is 0 Å². The van der Waals surface area contributed by atoms with Gasteiger partial charge in [-0.05, 0) is 13.3 Å². The molecule has 1 aromatic carbocycles. The lowest BCUT2D eigenvalue weighted by molar-refractivity contribution is 0.0571. The molecule has 1 unspecified atom stereocenters. The van der Waals surface area contributed by atoms with Crippen molar-refractivity contribution in [2.24, 2.45) is 0 Å². The van der Waals surface area contributed by atoms with Crippen LogP contribution in [0.5, 0.6) is 0 Å². The topological polar surface area (TPSA) is 146 Å². The molecule has 0 saturated heterocycles. The van der Waals surface area contributed by atoms with E-state index < -0.39 is 13.9 Å². The number of hydrogen-bond donors (Lipinski definition) is 3. The molecule has 0 amide bonds. The fourth-order valence-electron chi connectivity index (χ4n) is 5.56. The van der Waals surface area contributed by atoms with Crippen molar-refractivity contribution in [2.45, 2.75) is 129 Å². The monoisotopic (exact) mass is 645 g/mol. The van der Waals surface area contributed by atoms with E-state index in [1.165, 1.54) is 89.9 Å². The molecule has 10 nitrogen and oxygen atoms in total. The Morgan fingerprint density at radius 1 is 0.800 bits per heavy atom. The third-order valence-corrected chi connectivity index (χ3v) is 8.64. The molecule has 45 heavy (non-hydrogen) atoms. The van der Waals surface area contributed by atoms with Crippen LogP contribution < -0.4 is 5.73 Å². The number of imidazole rings is 1. The molecule has 11 heteroatoms. The standard InChI is InChI=1S/C34H56N5O5P/c1-3-4-5-6-7-8-9-10-11-12-13-14-15-16-17-21-25-44-28(2)32-37-31(35)30-34(38-32)39(24-26-43-27-45(40,41)42)33(36-30)29-22-19-18-20-23-29/h18-20,22-23,28H,3-17,21,24-27H2,1-2H3,(H2,35,37,38)(H2,40,41,42). The van der Waals surface area contributed by atoms with Crippen LogP contribution in [-0.2, 0) is 20.6 Å². The Morgan fingerprint density at radius 2 is 1.36 bits per heavy atom. The van der Waals surface area contributed by atoms with E-state index in [1.54, 1.807) is 0 Å². The van der Waals surface area contributed by atoms with Crippen LogP contribution in [0.15, 0.2) is 30.3 Å². The molecule has 2 aromatic heterocycles. The molecule has 3 aromatic rings. The van der Waals surface area contributed by atoms with Gasteiger partial charge in [0, 0.05) is 18.7 Å². The van der Waals surface area contributed by atoms with E-state index in [2.05, 4.69) is 11.9 Å². The number of rotatable bonds is 25. The van der Waals surface area contributed by atoms with Gasteiger partial charge in [0.05, 0.1) is 6.61 Å². The van der Waals surface area contributed by atoms with Crippen LogP contribution in [0.1, 0.15) is 129 Å². The van der Waals surface area contributed by atoms with Gasteiger partial charge in [0.15, 0.2) is 22.8 Å². The summed E-state index contributed by atoms with van der Waals surface area (Å²) in [5.74, 6) is 1.37. The summed E-state index contributed by atoms with van der Waals surface area (Å²) in [4.78, 5) is 32.3. The molecule has 0 spiro atoms. The summed E-state index contributed by atoms with van der Waals surface area (Å²) in [6.45, 7) is 5.18. The molecule has 252 valence electrons. The van der Waals surface area contributed by atoms with Gasteiger partial charge in [-0.1, -0.05) is 134 Å². The number of nitrogen functional groups attached to an aromatic ring is 1. The number of unbranched alkanes of at least 4 members (excludes halogenated alkanes) is 15. The number of nitrogens with two attached hydrogens (primary N) is 1. The third-order valence-electron chi connectivity index (χ3n) is 8.12. The van der Waals surface area contributed by atoms with Gasteiger partial charge in [-0.3, -0.25) is 4.57 Å². The van der Waals surface area contributed by atoms with Gasteiger partial charge in [-0.2, -0.15) is 0 Å². The molecule has 0 bridgehead atoms. The summed E-state index contributed by atoms with van der Waals surface area (Å²) in [5, 5.41) is 0. The molecule has 3 rings (SSSR count). The number of hydrogen-bond acceptors (Lipinski definition) is 7. The van der Waals surface area contributed by atoms with E-state index in [4.69, 9.17) is 35.0 Å². The first-order valence-electron chi connectivity index (χ1n) is 17.1. The maximum Gasteiger partial charge on any atom is 0.350 e. The first-order chi connectivity index (χ1) is 21.8. The highest BCUT2D eigenvalue weighted by atomic mass is 31.2. The summed E-state index contributed by atoms with van der Waals surface area (Å²) in [6.07, 6.45) is 20.3. The second-order valence-corrected chi connectivity index (χ2v) is 13.7. The maximum absolute atomic E-state index is 11.2. The quantitative estimate of drug-likeness (QED) is 0.0609. The molecule has 4 N–H and O–H groups in total. The number of aromatic nitrogens is 4. The molecule has 0 radical (unpaired) electrons. The van der Waals surface area contributed by atoms with Crippen molar-refractivity contribution in [1.82, 2.24) is 19.5 Å². The minimum absolute atomic E-state index is 0.0704. The van der Waals surface area contributed by atoms with Gasteiger partial charge in [0.1, 0.15) is 18.3 Å². The lowest BCUT2D eigenvalue weighted by Gasteiger charge is -2.14. The first-order valence-corrected chi connectivity index (χ1v) is 18.9. The number of fused-ring (bicyclic) bond motifs is 1. The Morgan fingerprint density at radius 3 is 1.91 bits per heavy atom. The number of ether oxygens (including phenoxy) is 2. The van der Waals surface area contributed by atoms with Crippen molar-refractivity contribution in [2.75, 3.05) is 25.3 Å². The molecular formula is C34H56N5O5P. The predicted octanol–water partition coefficient (Wildman–Crippen LogP) is 8.57. The van der Waals surface area contributed by atoms with E-state index in [-0.39, 0.29) is 25.1 Å². The minimum atomic E-state index is -4.26. The third kappa shape index (κ3) is 13.9. The Kier molecular flexibility index (Phi) is 17.1. The van der Waals surface area contributed by atoms with E-state index in [1.807, 2.05) is 41.8 Å². The highest BCUT2D eigenvalue weighted by Gasteiger charge is 2.21. The van der Waals surface area contributed by atoms with E-state index in [9.17, 15) is 4.57 Å². The van der Waals surface area contributed by atoms with Gasteiger partial charge >= 0.3 is 7.60 Å². The maximum atomic E-state index is 11.2. The Bertz CT molecular complexity index is 1280. The van der Waals surface area contributed by atoms with Crippen molar-refractivity contribution < 1.29 is 23.8 Å². The summed E-state index contributed by atoms with van der Waals surface area (Å²) >= 11 is 0. The second kappa shape index (κ2) is 20.7. The molecule has 0 fully saturated rings. The number of nitrogens with zero attached hydrogens (tertiary/aromatic N) is 4. The van der Waals surface area contributed by atoms with E-state index in [0.29, 0.717) is 29.4 Å². The van der Waals surface area contributed by atoms with Gasteiger partial charge in [-0.25, -0.2) is 15.0 Å². The Labute approximate surface area is 269 Å². The summed E-state index contributed by atoms with van der Waals surface area (Å²) in [5.41, 5.74) is 8.21. The molecule has 0 saturated carbocycles. The first kappa shape index (κ1) is 37.1. The highest BCUT2D eigenvalue weighted by molar-refractivity contribution is 7.51. The minimum Gasteiger partial charge on any atom is -0.382 e. The van der Waals surface area contributed by atoms with Crippen LogP contribution in [0.25, 0.3) is 22.6 Å². The van der Waals surface area contributed by atoms with Crippen LogP contribution in [0.3, 0.4) is 0 Å². The van der Waals surface area contributed by atoms with Crippen LogP contribution in [0.2, 0.25) is 0 Å². The van der Waals surface area contributed by atoms with Gasteiger partial charge in [-0.15, -0.1) is 0 Å². The Hall–Kier alpha value is -2.36. The molecule has 1 atom stereocenters. The zero-order chi connectivity index (χ0) is 32.3. The van der Waals surface area contributed by atoms with Crippen molar-refractivity contribution in [3.63, 3.8) is 0 Å². The van der Waals surface area contributed by atoms with Crippen LogP contribution in [0, 0.1) is 0 Å². The van der Waals surface area contributed by atoms with Gasteiger partial charge in [0.25, 0.3) is 0 Å². The fraction of sp³-hybridized carbons (Fsp3) is 0.676. The molecular weight excluding hydrogens is 589 g/mol. The molecule has 2 heterocycles. The zero-order valence-corrected chi connectivity index (χ0v) is 28.4. The summed E-state index contributed by atoms with van der Waals surface area (Å²) < 4.78 is 24.4.